The molecule has 20 heavy (non-hydrogen) atoms. The Balaban J connectivity index is 1.92. The predicted octanol–water partition coefficient (Wildman–Crippen LogP) is 0.877. The van der Waals surface area contributed by atoms with E-state index in [1.807, 2.05) is 25.7 Å². The van der Waals surface area contributed by atoms with Crippen molar-refractivity contribution < 1.29 is 9.59 Å². The highest BCUT2D eigenvalue weighted by atomic mass is 16.2. The normalized spacial score (nSPS) is 30.9. The Bertz CT molecular complexity index is 389. The van der Waals surface area contributed by atoms with E-state index in [1.165, 1.54) is 0 Å². The van der Waals surface area contributed by atoms with Crippen molar-refractivity contribution in [1.29, 1.82) is 0 Å². The van der Waals surface area contributed by atoms with Crippen LogP contribution in [-0.4, -0.2) is 41.4 Å². The number of nitrogens with one attached hydrogen (secondary N) is 1. The molecular formula is C15H27N3O2. The summed E-state index contributed by atoms with van der Waals surface area (Å²) in [5.41, 5.74) is 5.55. The molecule has 2 rings (SSSR count). The van der Waals surface area contributed by atoms with Crippen molar-refractivity contribution in [3.8, 4) is 0 Å². The third kappa shape index (κ3) is 3.14. The second-order valence-electron chi connectivity index (χ2n) is 7.12. The van der Waals surface area contributed by atoms with Crippen molar-refractivity contribution in [3.05, 3.63) is 0 Å². The van der Waals surface area contributed by atoms with Gasteiger partial charge in [0.2, 0.25) is 11.8 Å². The first kappa shape index (κ1) is 15.3. The van der Waals surface area contributed by atoms with Crippen molar-refractivity contribution in [1.82, 2.24) is 10.2 Å². The molecule has 3 atom stereocenters. The molecule has 1 unspecified atom stereocenters. The van der Waals surface area contributed by atoms with E-state index in [-0.39, 0.29) is 29.3 Å². The highest BCUT2D eigenvalue weighted by Crippen LogP contribution is 2.31. The molecule has 1 aliphatic carbocycles. The molecule has 0 spiro atoms. The fraction of sp³-hybridized carbons (Fsp3) is 0.867. The van der Waals surface area contributed by atoms with E-state index in [9.17, 15) is 9.59 Å². The van der Waals surface area contributed by atoms with Gasteiger partial charge in [-0.25, -0.2) is 0 Å². The lowest BCUT2D eigenvalue weighted by Gasteiger charge is -2.32. The quantitative estimate of drug-likeness (QED) is 0.806. The molecule has 1 aliphatic heterocycles. The maximum absolute atomic E-state index is 12.3. The van der Waals surface area contributed by atoms with Crippen molar-refractivity contribution >= 4 is 11.8 Å². The molecule has 5 nitrogen and oxygen atoms in total. The van der Waals surface area contributed by atoms with Gasteiger partial charge >= 0.3 is 0 Å². The number of carbonyl (C=O) groups is 2. The number of hydrogen-bond donors (Lipinski definition) is 2. The summed E-state index contributed by atoms with van der Waals surface area (Å²) in [6, 6.07) is -0.0479. The predicted molar refractivity (Wildman–Crippen MR) is 77.9 cm³/mol. The second-order valence-corrected chi connectivity index (χ2v) is 7.12. The minimum absolute atomic E-state index is 0.0405. The Hall–Kier alpha value is -1.10. The first-order chi connectivity index (χ1) is 9.32. The monoisotopic (exact) mass is 281 g/mol. The van der Waals surface area contributed by atoms with E-state index >= 15 is 0 Å². The first-order valence-electron chi connectivity index (χ1n) is 7.64. The van der Waals surface area contributed by atoms with Gasteiger partial charge in [-0.15, -0.1) is 0 Å². The Kier molecular flexibility index (Phi) is 4.37. The number of likely N-dealkylation sites (tertiary alicyclic amines) is 1. The number of nitrogens with two attached hydrogens (primary N) is 1. The second kappa shape index (κ2) is 5.72. The van der Waals surface area contributed by atoms with Crippen LogP contribution in [0.4, 0.5) is 0 Å². The zero-order valence-electron chi connectivity index (χ0n) is 12.8. The van der Waals surface area contributed by atoms with Gasteiger partial charge in [-0.05, 0) is 46.1 Å². The summed E-state index contributed by atoms with van der Waals surface area (Å²) in [4.78, 5) is 26.2. The molecule has 0 aromatic rings. The van der Waals surface area contributed by atoms with E-state index < -0.39 is 0 Å². The fourth-order valence-corrected chi connectivity index (χ4v) is 3.42. The van der Waals surface area contributed by atoms with E-state index in [0.717, 1.165) is 19.3 Å². The Labute approximate surface area is 121 Å². The maximum atomic E-state index is 12.3. The van der Waals surface area contributed by atoms with Crippen LogP contribution in [0.1, 0.15) is 46.5 Å². The molecule has 0 bridgehead atoms. The van der Waals surface area contributed by atoms with Crippen LogP contribution in [0.2, 0.25) is 0 Å². The summed E-state index contributed by atoms with van der Waals surface area (Å²) in [6.07, 6.45) is 3.48. The minimum Gasteiger partial charge on any atom is -0.351 e. The van der Waals surface area contributed by atoms with Crippen LogP contribution in [0.25, 0.3) is 0 Å². The van der Waals surface area contributed by atoms with Crippen LogP contribution in [0.15, 0.2) is 0 Å². The number of rotatable bonds is 3. The van der Waals surface area contributed by atoms with Crippen LogP contribution in [-0.2, 0) is 9.59 Å². The van der Waals surface area contributed by atoms with Crippen molar-refractivity contribution in [2.75, 3.05) is 13.1 Å². The summed E-state index contributed by atoms with van der Waals surface area (Å²) < 4.78 is 0. The average Bonchev–Trinajstić information content (AvgIpc) is 2.94. The molecule has 3 N–H and O–H groups in total. The Morgan fingerprint density at radius 2 is 2.10 bits per heavy atom. The van der Waals surface area contributed by atoms with Gasteiger partial charge in [-0.2, -0.15) is 0 Å². The zero-order chi connectivity index (χ0) is 14.9. The van der Waals surface area contributed by atoms with Crippen molar-refractivity contribution in [2.24, 2.45) is 17.6 Å². The van der Waals surface area contributed by atoms with Gasteiger partial charge < -0.3 is 16.0 Å². The molecule has 1 saturated heterocycles. The van der Waals surface area contributed by atoms with Crippen LogP contribution >= 0.6 is 0 Å². The largest absolute Gasteiger partial charge is 0.351 e. The van der Waals surface area contributed by atoms with Gasteiger partial charge in [0.15, 0.2) is 0 Å². The molecule has 5 heteroatoms. The average molecular weight is 281 g/mol. The lowest BCUT2D eigenvalue weighted by molar-refractivity contribution is -0.131. The van der Waals surface area contributed by atoms with E-state index in [0.29, 0.717) is 25.4 Å². The maximum Gasteiger partial charge on any atom is 0.225 e. The lowest BCUT2D eigenvalue weighted by Crippen LogP contribution is -2.46. The zero-order valence-corrected chi connectivity index (χ0v) is 12.8. The van der Waals surface area contributed by atoms with Crippen LogP contribution < -0.4 is 11.1 Å². The van der Waals surface area contributed by atoms with Gasteiger partial charge in [0.25, 0.3) is 0 Å². The molecule has 1 saturated carbocycles. The number of amides is 2. The number of nitrogens with zero attached hydrogens (tertiary/aromatic N) is 1. The van der Waals surface area contributed by atoms with Crippen molar-refractivity contribution in [3.63, 3.8) is 0 Å². The van der Waals surface area contributed by atoms with E-state index in [4.69, 9.17) is 5.73 Å². The Morgan fingerprint density at radius 3 is 2.65 bits per heavy atom. The molecule has 0 radical (unpaired) electrons. The summed E-state index contributed by atoms with van der Waals surface area (Å²) in [5.74, 6) is 0.570. The molecule has 114 valence electrons. The van der Waals surface area contributed by atoms with Gasteiger partial charge in [0.05, 0.1) is 6.04 Å². The SMILES string of the molecule is CC(C)(C)N1CC(NC(=O)[C@@H]2CCC[C@@H]2CN)CC1=O. The third-order valence-corrected chi connectivity index (χ3v) is 4.58. The van der Waals surface area contributed by atoms with Gasteiger partial charge in [-0.3, -0.25) is 9.59 Å². The van der Waals surface area contributed by atoms with E-state index in [2.05, 4.69) is 5.32 Å². The van der Waals surface area contributed by atoms with E-state index in [1.54, 1.807) is 0 Å². The minimum atomic E-state index is -0.177. The molecular weight excluding hydrogens is 254 g/mol. The van der Waals surface area contributed by atoms with Crippen molar-refractivity contribution in [2.45, 2.75) is 58.0 Å². The number of hydrogen-bond acceptors (Lipinski definition) is 3. The standard InChI is InChI=1S/C15H27N3O2/c1-15(2,3)18-9-11(7-13(18)19)17-14(20)12-6-4-5-10(12)8-16/h10-12H,4-9,16H2,1-3H3,(H,17,20)/t10-,11?,12-/m1/s1. The highest BCUT2D eigenvalue weighted by molar-refractivity contribution is 5.83. The van der Waals surface area contributed by atoms with Crippen LogP contribution in [0.5, 0.6) is 0 Å². The van der Waals surface area contributed by atoms with Gasteiger partial charge in [-0.1, -0.05) is 6.42 Å². The topological polar surface area (TPSA) is 75.4 Å². The van der Waals surface area contributed by atoms with Gasteiger partial charge in [0.1, 0.15) is 0 Å². The molecule has 2 aliphatic rings. The molecule has 0 aromatic carbocycles. The lowest BCUT2D eigenvalue weighted by atomic mass is 9.95. The summed E-state index contributed by atoms with van der Waals surface area (Å²) in [5, 5.41) is 3.06. The highest BCUT2D eigenvalue weighted by Gasteiger charge is 2.39. The molecule has 1 heterocycles. The summed E-state index contributed by atoms with van der Waals surface area (Å²) in [6.45, 7) is 7.27. The third-order valence-electron chi connectivity index (χ3n) is 4.58. The first-order valence-corrected chi connectivity index (χ1v) is 7.64. The molecule has 0 aromatic heterocycles. The summed E-state index contributed by atoms with van der Waals surface area (Å²) >= 11 is 0. The molecule has 2 fully saturated rings. The van der Waals surface area contributed by atoms with Crippen LogP contribution in [0, 0.1) is 11.8 Å². The summed E-state index contributed by atoms with van der Waals surface area (Å²) in [7, 11) is 0. The smallest absolute Gasteiger partial charge is 0.225 e. The van der Waals surface area contributed by atoms with Crippen LogP contribution in [0.3, 0.4) is 0 Å². The number of carbonyl (C=O) groups excluding carboxylic acids is 2. The molecule has 2 amide bonds. The Morgan fingerprint density at radius 1 is 1.40 bits per heavy atom. The fourth-order valence-electron chi connectivity index (χ4n) is 3.42. The van der Waals surface area contributed by atoms with Gasteiger partial charge in [0, 0.05) is 24.4 Å².